The standard InChI is InChI=1S/C24H20NSSe/c1-5-13-21(14-6-1)26(22-15-7-2-8-16-22)25-27(23-17-9-3-10-18-23)24-19-11-4-12-20-24/h1-20H/q+1. The molecule has 0 aliphatic rings. The van der Waals surface area contributed by atoms with E-state index in [1.165, 1.54) is 18.7 Å². The first-order valence-electron chi connectivity index (χ1n) is 8.82. The van der Waals surface area contributed by atoms with Gasteiger partial charge in [0.2, 0.25) is 0 Å². The molecule has 0 aliphatic carbocycles. The van der Waals surface area contributed by atoms with Gasteiger partial charge in [0.1, 0.15) is 0 Å². The number of hydrogen-bond acceptors (Lipinski definition) is 1. The van der Waals surface area contributed by atoms with Gasteiger partial charge in [0.05, 0.1) is 0 Å². The Morgan fingerprint density at radius 3 is 1.15 bits per heavy atom. The predicted octanol–water partition coefficient (Wildman–Crippen LogP) is 4.71. The van der Waals surface area contributed by atoms with Gasteiger partial charge in [-0.15, -0.1) is 0 Å². The van der Waals surface area contributed by atoms with Crippen LogP contribution in [0.15, 0.2) is 134 Å². The summed E-state index contributed by atoms with van der Waals surface area (Å²) in [4.78, 5) is 2.54. The van der Waals surface area contributed by atoms with Crippen LogP contribution in [0, 0.1) is 0 Å². The summed E-state index contributed by atoms with van der Waals surface area (Å²) in [5.74, 6) is 0. The minimum atomic E-state index is -1.54. The fourth-order valence-electron chi connectivity index (χ4n) is 2.72. The molecule has 0 aliphatic heterocycles. The van der Waals surface area contributed by atoms with Crippen LogP contribution in [0.5, 0.6) is 0 Å². The molecule has 0 amide bonds. The minimum absolute atomic E-state index is 0.302. The maximum atomic E-state index is 5.51. The van der Waals surface area contributed by atoms with E-state index < -0.39 is 14.1 Å². The summed E-state index contributed by atoms with van der Waals surface area (Å²) < 4.78 is 8.19. The van der Waals surface area contributed by atoms with E-state index in [4.69, 9.17) is 3.38 Å². The molecule has 0 aromatic heterocycles. The molecule has 0 fully saturated rings. The van der Waals surface area contributed by atoms with Gasteiger partial charge in [-0.1, -0.05) is 0 Å². The molecule has 0 bridgehead atoms. The van der Waals surface area contributed by atoms with Crippen molar-refractivity contribution in [2.75, 3.05) is 0 Å². The molecule has 27 heavy (non-hydrogen) atoms. The Balaban J connectivity index is 1.90. The second kappa shape index (κ2) is 8.96. The Morgan fingerprint density at radius 2 is 0.778 bits per heavy atom. The topological polar surface area (TPSA) is 12.4 Å². The first-order chi connectivity index (χ1) is 13.4. The third-order valence-corrected chi connectivity index (χ3v) is 10.6. The van der Waals surface area contributed by atoms with Crippen LogP contribution < -0.4 is 8.92 Å². The van der Waals surface area contributed by atoms with Crippen LogP contribution in [0.25, 0.3) is 0 Å². The van der Waals surface area contributed by atoms with Gasteiger partial charge in [-0.3, -0.25) is 0 Å². The second-order valence-electron chi connectivity index (χ2n) is 5.90. The monoisotopic (exact) mass is 434 g/mol. The van der Waals surface area contributed by atoms with E-state index >= 15 is 0 Å². The third kappa shape index (κ3) is 4.45. The number of nitrogens with zero attached hydrogens (tertiary/aromatic N) is 1. The Kier molecular flexibility index (Phi) is 5.96. The van der Waals surface area contributed by atoms with Crippen molar-refractivity contribution >= 4 is 33.7 Å². The van der Waals surface area contributed by atoms with Crippen molar-refractivity contribution in [3.8, 4) is 0 Å². The Hall–Kier alpha value is -2.45. The van der Waals surface area contributed by atoms with Gasteiger partial charge < -0.3 is 0 Å². The van der Waals surface area contributed by atoms with Crippen molar-refractivity contribution in [1.82, 2.24) is 0 Å². The van der Waals surface area contributed by atoms with Gasteiger partial charge in [0.15, 0.2) is 0 Å². The molecule has 0 N–H and O–H groups in total. The molecule has 0 unspecified atom stereocenters. The van der Waals surface area contributed by atoms with Gasteiger partial charge in [-0.25, -0.2) is 0 Å². The van der Waals surface area contributed by atoms with E-state index in [0.717, 1.165) is 0 Å². The van der Waals surface area contributed by atoms with E-state index in [1.807, 2.05) is 0 Å². The van der Waals surface area contributed by atoms with Gasteiger partial charge in [-0.05, 0) is 0 Å². The number of benzene rings is 4. The van der Waals surface area contributed by atoms with Crippen LogP contribution in [0.4, 0.5) is 0 Å². The summed E-state index contributed by atoms with van der Waals surface area (Å²) in [6, 6.07) is 42.8. The average molecular weight is 433 g/mol. The fraction of sp³-hybridized carbons (Fsp3) is 0. The van der Waals surface area contributed by atoms with Crippen LogP contribution >= 0.6 is 0 Å². The van der Waals surface area contributed by atoms with Crippen molar-refractivity contribution in [2.45, 2.75) is 9.79 Å². The van der Waals surface area contributed by atoms with Gasteiger partial charge in [0.25, 0.3) is 0 Å². The molecule has 0 saturated carbocycles. The molecule has 0 atom stereocenters. The maximum absolute atomic E-state index is 5.51. The first kappa shape index (κ1) is 17.9. The Bertz CT molecular complexity index is 922. The van der Waals surface area contributed by atoms with Crippen molar-refractivity contribution in [3.63, 3.8) is 0 Å². The molecule has 0 radical (unpaired) electrons. The van der Waals surface area contributed by atoms with Crippen LogP contribution in [0.2, 0.25) is 0 Å². The molecular formula is C24H20NSSe+. The van der Waals surface area contributed by atoms with Crippen molar-refractivity contribution in [1.29, 1.82) is 0 Å². The Labute approximate surface area is 167 Å². The van der Waals surface area contributed by atoms with Crippen LogP contribution in [0.3, 0.4) is 0 Å². The van der Waals surface area contributed by atoms with Gasteiger partial charge in [0, 0.05) is 0 Å². The molecule has 3 heteroatoms. The zero-order valence-corrected chi connectivity index (χ0v) is 17.3. The summed E-state index contributed by atoms with van der Waals surface area (Å²) in [5, 5.41) is 0. The van der Waals surface area contributed by atoms with Gasteiger partial charge in [-0.2, -0.15) is 0 Å². The fourth-order valence-corrected chi connectivity index (χ4v) is 9.73. The second-order valence-corrected chi connectivity index (χ2v) is 11.7. The average Bonchev–Trinajstić information content (AvgIpc) is 2.77. The van der Waals surface area contributed by atoms with Crippen LogP contribution in [-0.4, -0.2) is 14.1 Å². The Morgan fingerprint density at radius 1 is 0.444 bits per heavy atom. The summed E-state index contributed by atoms with van der Waals surface area (Å²) >= 11 is -1.54. The number of hydrogen-bond donors (Lipinski definition) is 0. The quantitative estimate of drug-likeness (QED) is 0.404. The van der Waals surface area contributed by atoms with Crippen molar-refractivity contribution in [3.05, 3.63) is 121 Å². The summed E-state index contributed by atoms with van der Waals surface area (Å²) in [6.07, 6.45) is 0. The molecular weight excluding hydrogens is 413 g/mol. The summed E-state index contributed by atoms with van der Waals surface area (Å²) in [7, 11) is -0.302. The van der Waals surface area contributed by atoms with E-state index in [1.54, 1.807) is 0 Å². The molecule has 4 rings (SSSR count). The van der Waals surface area contributed by atoms with E-state index in [-0.39, 0.29) is 10.7 Å². The molecule has 4 aromatic carbocycles. The summed E-state index contributed by atoms with van der Waals surface area (Å²) in [5.41, 5.74) is 0. The van der Waals surface area contributed by atoms with E-state index in [9.17, 15) is 0 Å². The number of rotatable bonds is 5. The van der Waals surface area contributed by atoms with Gasteiger partial charge >= 0.3 is 168 Å². The zero-order chi connectivity index (χ0) is 18.3. The summed E-state index contributed by atoms with van der Waals surface area (Å²) in [6.45, 7) is 0. The molecule has 1 nitrogen and oxygen atoms in total. The molecule has 0 spiro atoms. The normalized spacial score (nSPS) is 10.9. The van der Waals surface area contributed by atoms with Crippen molar-refractivity contribution in [2.24, 2.45) is 3.38 Å². The van der Waals surface area contributed by atoms with Crippen molar-refractivity contribution < 1.29 is 0 Å². The van der Waals surface area contributed by atoms with Crippen LogP contribution in [-0.2, 0) is 10.7 Å². The zero-order valence-electron chi connectivity index (χ0n) is 14.8. The van der Waals surface area contributed by atoms with E-state index in [2.05, 4.69) is 121 Å². The van der Waals surface area contributed by atoms with E-state index in [0.29, 0.717) is 0 Å². The molecule has 4 aromatic rings. The van der Waals surface area contributed by atoms with Crippen LogP contribution in [0.1, 0.15) is 0 Å². The first-order valence-corrected chi connectivity index (χ1v) is 12.5. The molecule has 132 valence electrons. The molecule has 0 saturated heterocycles. The molecule has 0 heterocycles. The predicted molar refractivity (Wildman–Crippen MR) is 117 cm³/mol. The SMILES string of the molecule is c1ccc(S(=N[Se+](c2ccccc2)c2ccccc2)c2ccccc2)cc1. The third-order valence-electron chi connectivity index (χ3n) is 4.01.